The minimum absolute atomic E-state index is 0.141. The molecule has 3 N–H and O–H groups in total. The first-order valence-electron chi connectivity index (χ1n) is 11.5. The molecule has 0 bridgehead atoms. The molecule has 164 valence electrons. The molecule has 0 atom stereocenters. The summed E-state index contributed by atoms with van der Waals surface area (Å²) < 4.78 is 0. The first-order chi connectivity index (χ1) is 15.8. The molecular formula is C28H31N3O. The largest absolute Gasteiger partial charge is 0.338 e. The fourth-order valence-corrected chi connectivity index (χ4v) is 4.10. The van der Waals surface area contributed by atoms with Crippen molar-refractivity contribution in [2.75, 3.05) is 18.4 Å². The van der Waals surface area contributed by atoms with Crippen LogP contribution in [-0.2, 0) is 6.54 Å². The minimum atomic E-state index is -0.141. The summed E-state index contributed by atoms with van der Waals surface area (Å²) in [6.07, 6.45) is 4.42. The Morgan fingerprint density at radius 3 is 2.06 bits per heavy atom. The average molecular weight is 426 g/mol. The number of amides is 2. The monoisotopic (exact) mass is 425 g/mol. The molecule has 2 amide bonds. The predicted molar refractivity (Wildman–Crippen MR) is 135 cm³/mol. The number of unbranched alkanes of at least 4 members (excludes halogenated alkanes) is 3. The lowest BCUT2D eigenvalue weighted by molar-refractivity contribution is 0.252. The van der Waals surface area contributed by atoms with E-state index in [1.807, 2.05) is 30.3 Å². The van der Waals surface area contributed by atoms with E-state index in [4.69, 9.17) is 0 Å². The molecule has 0 radical (unpaired) electrons. The number of carbonyl (C=O) groups excluding carboxylic acids is 1. The minimum Gasteiger partial charge on any atom is -0.338 e. The molecule has 0 spiro atoms. The van der Waals surface area contributed by atoms with Gasteiger partial charge in [0.25, 0.3) is 0 Å². The smallest absolute Gasteiger partial charge is 0.319 e. The molecule has 32 heavy (non-hydrogen) atoms. The Bertz CT molecular complexity index is 1160. The first kappa shape index (κ1) is 21.8. The number of nitrogens with one attached hydrogen (secondary N) is 3. The van der Waals surface area contributed by atoms with Gasteiger partial charge in [0.1, 0.15) is 0 Å². The Labute approximate surface area is 190 Å². The normalized spacial score (nSPS) is 11.0. The lowest BCUT2D eigenvalue weighted by Gasteiger charge is -2.10. The molecule has 4 heteroatoms. The molecule has 0 unspecified atom stereocenters. The number of carbonyl (C=O) groups is 1. The Morgan fingerprint density at radius 2 is 1.25 bits per heavy atom. The van der Waals surface area contributed by atoms with Crippen molar-refractivity contribution < 1.29 is 4.79 Å². The highest BCUT2D eigenvalue weighted by Crippen LogP contribution is 2.22. The van der Waals surface area contributed by atoms with Gasteiger partial charge in [-0.25, -0.2) is 4.79 Å². The summed E-state index contributed by atoms with van der Waals surface area (Å²) in [5, 5.41) is 14.3. The highest BCUT2D eigenvalue weighted by atomic mass is 16.2. The lowest BCUT2D eigenvalue weighted by atomic mass is 10.0. The second kappa shape index (κ2) is 11.3. The number of urea groups is 1. The van der Waals surface area contributed by atoms with Crippen molar-refractivity contribution in [1.29, 1.82) is 0 Å². The summed E-state index contributed by atoms with van der Waals surface area (Å²) in [4.78, 5) is 12.2. The van der Waals surface area contributed by atoms with Crippen molar-refractivity contribution in [3.63, 3.8) is 0 Å². The Kier molecular flexibility index (Phi) is 7.72. The average Bonchev–Trinajstić information content (AvgIpc) is 2.83. The molecule has 0 aliphatic heterocycles. The third-order valence-electron chi connectivity index (χ3n) is 5.80. The van der Waals surface area contributed by atoms with Gasteiger partial charge in [-0.2, -0.15) is 0 Å². The van der Waals surface area contributed by atoms with Crippen molar-refractivity contribution in [2.45, 2.75) is 32.2 Å². The Hall–Kier alpha value is -3.37. The number of benzene rings is 4. The predicted octanol–water partition coefficient (Wildman–Crippen LogP) is 6.46. The summed E-state index contributed by atoms with van der Waals surface area (Å²) in [5.74, 6) is 0. The maximum absolute atomic E-state index is 12.2. The number of hydrogen-bond donors (Lipinski definition) is 3. The van der Waals surface area contributed by atoms with E-state index in [9.17, 15) is 4.79 Å². The van der Waals surface area contributed by atoms with Crippen LogP contribution in [0.5, 0.6) is 0 Å². The molecule has 0 aliphatic carbocycles. The molecule has 4 nitrogen and oxygen atoms in total. The van der Waals surface area contributed by atoms with Crippen LogP contribution in [0.1, 0.15) is 31.2 Å². The van der Waals surface area contributed by atoms with Gasteiger partial charge in [0, 0.05) is 18.5 Å². The van der Waals surface area contributed by atoms with Crippen LogP contribution in [0.2, 0.25) is 0 Å². The first-order valence-corrected chi connectivity index (χ1v) is 11.5. The number of hydrogen-bond acceptors (Lipinski definition) is 2. The van der Waals surface area contributed by atoms with Gasteiger partial charge in [0.05, 0.1) is 5.69 Å². The molecule has 0 heterocycles. The van der Waals surface area contributed by atoms with Gasteiger partial charge in [0.15, 0.2) is 0 Å². The van der Waals surface area contributed by atoms with Gasteiger partial charge in [-0.3, -0.25) is 0 Å². The van der Waals surface area contributed by atoms with Crippen molar-refractivity contribution in [1.82, 2.24) is 10.6 Å². The van der Waals surface area contributed by atoms with E-state index in [1.165, 1.54) is 16.3 Å². The van der Waals surface area contributed by atoms with E-state index in [2.05, 4.69) is 70.5 Å². The van der Waals surface area contributed by atoms with Crippen LogP contribution in [0, 0.1) is 0 Å². The van der Waals surface area contributed by atoms with Crippen LogP contribution < -0.4 is 16.0 Å². The van der Waals surface area contributed by atoms with Crippen molar-refractivity contribution in [2.24, 2.45) is 0 Å². The molecule has 0 aromatic heterocycles. The van der Waals surface area contributed by atoms with Crippen LogP contribution in [0.25, 0.3) is 21.5 Å². The van der Waals surface area contributed by atoms with Crippen molar-refractivity contribution >= 4 is 33.3 Å². The van der Waals surface area contributed by atoms with E-state index in [-0.39, 0.29) is 6.03 Å². The van der Waals surface area contributed by atoms with Crippen molar-refractivity contribution in [3.8, 4) is 0 Å². The van der Waals surface area contributed by atoms with Gasteiger partial charge in [-0.15, -0.1) is 0 Å². The summed E-state index contributed by atoms with van der Waals surface area (Å²) >= 11 is 0. The maximum Gasteiger partial charge on any atom is 0.319 e. The summed E-state index contributed by atoms with van der Waals surface area (Å²) in [7, 11) is 0. The topological polar surface area (TPSA) is 53.2 Å². The molecule has 0 saturated heterocycles. The third kappa shape index (κ3) is 5.86. The second-order valence-electron chi connectivity index (χ2n) is 8.14. The van der Waals surface area contributed by atoms with Crippen LogP contribution in [0.3, 0.4) is 0 Å². The summed E-state index contributed by atoms with van der Waals surface area (Å²) in [6, 6.07) is 28.9. The summed E-state index contributed by atoms with van der Waals surface area (Å²) in [5.41, 5.74) is 2.20. The molecule has 0 saturated carbocycles. The SMILES string of the molecule is O=C(NCCCCCCNCc1cccc2ccccc12)Nc1cccc2ccccc12. The van der Waals surface area contributed by atoms with Crippen molar-refractivity contribution in [3.05, 3.63) is 90.5 Å². The van der Waals surface area contributed by atoms with E-state index in [1.54, 1.807) is 0 Å². The molecular weight excluding hydrogens is 394 g/mol. The molecule has 4 aromatic carbocycles. The quantitative estimate of drug-likeness (QED) is 0.255. The Morgan fingerprint density at radius 1 is 0.625 bits per heavy atom. The van der Waals surface area contributed by atoms with Crippen LogP contribution in [0.15, 0.2) is 84.9 Å². The number of rotatable bonds is 10. The zero-order valence-electron chi connectivity index (χ0n) is 18.4. The standard InChI is InChI=1S/C28H31N3O/c32-28(31-27-18-10-14-23-12-4-6-17-26(23)27)30-20-8-2-1-7-19-29-21-24-15-9-13-22-11-3-5-16-25(22)24/h3-6,9-18,29H,1-2,7-8,19-21H2,(H2,30,31,32). The van der Waals surface area contributed by atoms with Gasteiger partial charge < -0.3 is 16.0 Å². The highest BCUT2D eigenvalue weighted by molar-refractivity contribution is 6.01. The molecule has 4 aromatic rings. The lowest BCUT2D eigenvalue weighted by Crippen LogP contribution is -2.29. The number of anilines is 1. The highest BCUT2D eigenvalue weighted by Gasteiger charge is 2.04. The van der Waals surface area contributed by atoms with Gasteiger partial charge in [-0.05, 0) is 47.2 Å². The second-order valence-corrected chi connectivity index (χ2v) is 8.14. The van der Waals surface area contributed by atoms with Gasteiger partial charge in [0.2, 0.25) is 0 Å². The zero-order valence-corrected chi connectivity index (χ0v) is 18.4. The van der Waals surface area contributed by atoms with Crippen LogP contribution in [-0.4, -0.2) is 19.1 Å². The Balaban J connectivity index is 1.08. The van der Waals surface area contributed by atoms with Gasteiger partial charge >= 0.3 is 6.03 Å². The molecule has 0 aliphatic rings. The van der Waals surface area contributed by atoms with Crippen LogP contribution >= 0.6 is 0 Å². The third-order valence-corrected chi connectivity index (χ3v) is 5.80. The van der Waals surface area contributed by atoms with E-state index in [0.717, 1.165) is 55.2 Å². The number of fused-ring (bicyclic) bond motifs is 2. The fourth-order valence-electron chi connectivity index (χ4n) is 4.10. The molecule has 4 rings (SSSR count). The summed E-state index contributed by atoms with van der Waals surface area (Å²) in [6.45, 7) is 2.61. The van der Waals surface area contributed by atoms with E-state index in [0.29, 0.717) is 6.54 Å². The van der Waals surface area contributed by atoms with Gasteiger partial charge in [-0.1, -0.05) is 91.7 Å². The maximum atomic E-state index is 12.2. The van der Waals surface area contributed by atoms with Crippen LogP contribution in [0.4, 0.5) is 10.5 Å². The molecule has 0 fully saturated rings. The van der Waals surface area contributed by atoms with E-state index < -0.39 is 0 Å². The zero-order chi connectivity index (χ0) is 22.0. The van der Waals surface area contributed by atoms with E-state index >= 15 is 0 Å². The fraction of sp³-hybridized carbons (Fsp3) is 0.250.